The zero-order valence-electron chi connectivity index (χ0n) is 7.84. The van der Waals surface area contributed by atoms with Crippen molar-refractivity contribution in [2.24, 2.45) is 0 Å². The van der Waals surface area contributed by atoms with Crippen LogP contribution in [0.3, 0.4) is 0 Å². The first-order chi connectivity index (χ1) is 6.81. The summed E-state index contributed by atoms with van der Waals surface area (Å²) in [7, 11) is 0. The number of hydrogen-bond donors (Lipinski definition) is 1. The van der Waals surface area contributed by atoms with Crippen molar-refractivity contribution >= 4 is 5.82 Å². The molecule has 0 aliphatic heterocycles. The van der Waals surface area contributed by atoms with Gasteiger partial charge in [-0.25, -0.2) is 4.68 Å². The van der Waals surface area contributed by atoms with Crippen molar-refractivity contribution in [2.45, 2.75) is 19.9 Å². The van der Waals surface area contributed by atoms with Crippen LogP contribution in [0.15, 0.2) is 16.8 Å². The highest BCUT2D eigenvalue weighted by Gasteiger charge is 2.09. The minimum absolute atomic E-state index is 0.479. The van der Waals surface area contributed by atoms with Crippen LogP contribution in [0.2, 0.25) is 0 Å². The van der Waals surface area contributed by atoms with Gasteiger partial charge in [-0.1, -0.05) is 17.3 Å². The van der Waals surface area contributed by atoms with Crippen molar-refractivity contribution in [3.8, 4) is 0 Å². The Labute approximate surface area is 80.7 Å². The third kappa shape index (κ3) is 1.46. The van der Waals surface area contributed by atoms with Gasteiger partial charge in [0, 0.05) is 6.07 Å². The maximum atomic E-state index is 5.64. The molecule has 2 N–H and O–H groups in total. The molecule has 6 nitrogen and oxygen atoms in total. The zero-order chi connectivity index (χ0) is 9.97. The molecule has 0 saturated heterocycles. The van der Waals surface area contributed by atoms with E-state index < -0.39 is 0 Å². The number of nitrogens with zero attached hydrogens (tertiary/aromatic N) is 4. The van der Waals surface area contributed by atoms with Crippen LogP contribution in [-0.2, 0) is 13.0 Å². The Morgan fingerprint density at radius 1 is 1.57 bits per heavy atom. The SMILES string of the molecule is CCc1c(N)nnn1Cc1ccno1. The van der Waals surface area contributed by atoms with Crippen LogP contribution in [0.25, 0.3) is 0 Å². The number of aromatic nitrogens is 4. The highest BCUT2D eigenvalue weighted by molar-refractivity contribution is 5.32. The van der Waals surface area contributed by atoms with E-state index in [4.69, 9.17) is 10.3 Å². The first-order valence-corrected chi connectivity index (χ1v) is 4.38. The summed E-state index contributed by atoms with van der Waals surface area (Å²) in [5.74, 6) is 1.22. The first-order valence-electron chi connectivity index (χ1n) is 4.38. The van der Waals surface area contributed by atoms with E-state index in [9.17, 15) is 0 Å². The van der Waals surface area contributed by atoms with Crippen LogP contribution in [0.4, 0.5) is 5.82 Å². The predicted molar refractivity (Wildman–Crippen MR) is 49.4 cm³/mol. The van der Waals surface area contributed by atoms with Crippen LogP contribution >= 0.6 is 0 Å². The van der Waals surface area contributed by atoms with Gasteiger partial charge in [-0.15, -0.1) is 5.10 Å². The molecule has 0 aliphatic rings. The van der Waals surface area contributed by atoms with Gasteiger partial charge in [0.05, 0.1) is 11.9 Å². The number of rotatable bonds is 3. The van der Waals surface area contributed by atoms with Gasteiger partial charge in [-0.3, -0.25) is 0 Å². The summed E-state index contributed by atoms with van der Waals surface area (Å²) in [6.07, 6.45) is 2.40. The lowest BCUT2D eigenvalue weighted by Gasteiger charge is -2.00. The molecular weight excluding hydrogens is 182 g/mol. The molecule has 2 heterocycles. The first kappa shape index (κ1) is 8.74. The van der Waals surface area contributed by atoms with E-state index in [-0.39, 0.29) is 0 Å². The molecule has 14 heavy (non-hydrogen) atoms. The largest absolute Gasteiger partial charge is 0.381 e. The van der Waals surface area contributed by atoms with E-state index in [1.165, 1.54) is 0 Å². The van der Waals surface area contributed by atoms with E-state index in [0.29, 0.717) is 12.4 Å². The Kier molecular flexibility index (Phi) is 2.18. The van der Waals surface area contributed by atoms with Crippen molar-refractivity contribution < 1.29 is 4.52 Å². The monoisotopic (exact) mass is 193 g/mol. The van der Waals surface area contributed by atoms with Crippen molar-refractivity contribution in [2.75, 3.05) is 5.73 Å². The molecule has 6 heteroatoms. The van der Waals surface area contributed by atoms with E-state index >= 15 is 0 Å². The number of hydrogen-bond acceptors (Lipinski definition) is 5. The lowest BCUT2D eigenvalue weighted by molar-refractivity contribution is 0.368. The quantitative estimate of drug-likeness (QED) is 0.765. The Balaban J connectivity index is 2.25. The standard InChI is InChI=1S/C8H11N5O/c1-2-7-8(9)11-12-13(7)5-6-3-4-10-14-6/h3-4H,2,5,9H2,1H3. The van der Waals surface area contributed by atoms with Gasteiger partial charge in [0.1, 0.15) is 6.54 Å². The van der Waals surface area contributed by atoms with Crippen molar-refractivity contribution in [3.05, 3.63) is 23.7 Å². The molecule has 0 fully saturated rings. The van der Waals surface area contributed by atoms with Crippen LogP contribution in [-0.4, -0.2) is 20.2 Å². The summed E-state index contributed by atoms with van der Waals surface area (Å²) >= 11 is 0. The Bertz CT molecular complexity index is 405. The number of nitrogens with two attached hydrogens (primary N) is 1. The average molecular weight is 193 g/mol. The molecule has 2 aromatic rings. The maximum absolute atomic E-state index is 5.64. The van der Waals surface area contributed by atoms with Crippen LogP contribution in [0.1, 0.15) is 18.4 Å². The highest BCUT2D eigenvalue weighted by Crippen LogP contribution is 2.10. The van der Waals surface area contributed by atoms with Crippen molar-refractivity contribution in [1.82, 2.24) is 20.2 Å². The Hall–Kier alpha value is -1.85. The second kappa shape index (κ2) is 3.49. The summed E-state index contributed by atoms with van der Waals surface area (Å²) in [4.78, 5) is 0. The molecule has 0 aliphatic carbocycles. The van der Waals surface area contributed by atoms with Crippen LogP contribution in [0, 0.1) is 0 Å². The van der Waals surface area contributed by atoms with Crippen LogP contribution in [0.5, 0.6) is 0 Å². The zero-order valence-corrected chi connectivity index (χ0v) is 7.84. The molecule has 0 atom stereocenters. The van der Waals surface area contributed by atoms with Gasteiger partial charge >= 0.3 is 0 Å². The summed E-state index contributed by atoms with van der Waals surface area (Å²) < 4.78 is 6.68. The summed E-state index contributed by atoms with van der Waals surface area (Å²) in [6, 6.07) is 1.79. The molecule has 0 bridgehead atoms. The highest BCUT2D eigenvalue weighted by atomic mass is 16.5. The molecule has 2 aromatic heterocycles. The molecule has 0 amide bonds. The summed E-state index contributed by atoms with van der Waals surface area (Å²) in [5.41, 5.74) is 6.56. The fraction of sp³-hybridized carbons (Fsp3) is 0.375. The van der Waals surface area contributed by atoms with Gasteiger partial charge in [0.15, 0.2) is 11.6 Å². The van der Waals surface area contributed by atoms with Crippen molar-refractivity contribution in [3.63, 3.8) is 0 Å². The molecule has 0 unspecified atom stereocenters. The van der Waals surface area contributed by atoms with Gasteiger partial charge < -0.3 is 10.3 Å². The van der Waals surface area contributed by atoms with E-state index in [1.54, 1.807) is 16.9 Å². The fourth-order valence-electron chi connectivity index (χ4n) is 1.31. The van der Waals surface area contributed by atoms with E-state index in [2.05, 4.69) is 15.5 Å². The minimum Gasteiger partial charge on any atom is -0.381 e. The number of anilines is 1. The van der Waals surface area contributed by atoms with Gasteiger partial charge in [0.25, 0.3) is 0 Å². The third-order valence-corrected chi connectivity index (χ3v) is 2.00. The Morgan fingerprint density at radius 3 is 3.07 bits per heavy atom. The second-order valence-electron chi connectivity index (χ2n) is 2.91. The normalized spacial score (nSPS) is 10.6. The number of nitrogen functional groups attached to an aromatic ring is 1. The second-order valence-corrected chi connectivity index (χ2v) is 2.91. The Morgan fingerprint density at radius 2 is 2.43 bits per heavy atom. The lowest BCUT2D eigenvalue weighted by Crippen LogP contribution is -2.06. The van der Waals surface area contributed by atoms with Gasteiger partial charge in [0.2, 0.25) is 0 Å². The molecule has 0 radical (unpaired) electrons. The van der Waals surface area contributed by atoms with E-state index in [0.717, 1.165) is 17.9 Å². The summed E-state index contributed by atoms with van der Waals surface area (Å²) in [6.45, 7) is 2.53. The topological polar surface area (TPSA) is 82.8 Å². The molecule has 0 spiro atoms. The van der Waals surface area contributed by atoms with Crippen LogP contribution < -0.4 is 5.73 Å². The average Bonchev–Trinajstić information content (AvgIpc) is 2.77. The summed E-state index contributed by atoms with van der Waals surface area (Å²) in [5, 5.41) is 11.3. The lowest BCUT2D eigenvalue weighted by atomic mass is 10.3. The van der Waals surface area contributed by atoms with Gasteiger partial charge in [-0.2, -0.15) is 0 Å². The minimum atomic E-state index is 0.479. The molecule has 2 rings (SSSR count). The third-order valence-electron chi connectivity index (χ3n) is 2.00. The maximum Gasteiger partial charge on any atom is 0.169 e. The van der Waals surface area contributed by atoms with Gasteiger partial charge in [-0.05, 0) is 6.42 Å². The molecular formula is C8H11N5O. The predicted octanol–water partition coefficient (Wildman–Crippen LogP) is 0.459. The fourth-order valence-corrected chi connectivity index (χ4v) is 1.31. The molecule has 0 aromatic carbocycles. The van der Waals surface area contributed by atoms with E-state index in [1.807, 2.05) is 6.92 Å². The van der Waals surface area contributed by atoms with Crippen molar-refractivity contribution in [1.29, 1.82) is 0 Å². The molecule has 0 saturated carbocycles. The smallest absolute Gasteiger partial charge is 0.169 e. The molecule has 74 valence electrons.